The molecule has 2 aromatic carbocycles. The monoisotopic (exact) mass is 354 g/mol. The third kappa shape index (κ3) is 5.23. The number of hydrogen-bond acceptors (Lipinski definition) is 2. The molecule has 0 saturated carbocycles. The van der Waals surface area contributed by atoms with Gasteiger partial charge in [-0.25, -0.2) is 4.39 Å². The van der Waals surface area contributed by atoms with E-state index < -0.39 is 11.8 Å². The van der Waals surface area contributed by atoms with Crippen LogP contribution in [0.15, 0.2) is 42.5 Å². The first-order valence-electron chi connectivity index (χ1n) is 6.74. The molecule has 0 spiro atoms. The zero-order valence-electron chi connectivity index (χ0n) is 11.9. The van der Waals surface area contributed by atoms with Gasteiger partial charge in [-0.3, -0.25) is 9.59 Å². The third-order valence-corrected chi connectivity index (χ3v) is 3.55. The van der Waals surface area contributed by atoms with Gasteiger partial charge in [0.25, 0.3) is 0 Å². The molecule has 0 heterocycles. The van der Waals surface area contributed by atoms with Gasteiger partial charge in [0.2, 0.25) is 0 Å². The van der Waals surface area contributed by atoms with Crippen molar-refractivity contribution in [3.05, 3.63) is 63.9 Å². The van der Waals surface area contributed by atoms with Gasteiger partial charge in [-0.05, 0) is 42.3 Å². The summed E-state index contributed by atoms with van der Waals surface area (Å²) in [6.07, 6.45) is 0.487. The fourth-order valence-electron chi connectivity index (χ4n) is 1.82. The molecule has 0 atom stereocenters. The van der Waals surface area contributed by atoms with Crippen molar-refractivity contribution in [2.24, 2.45) is 0 Å². The Balaban J connectivity index is 1.83. The summed E-state index contributed by atoms with van der Waals surface area (Å²) in [6, 6.07) is 10.4. The molecular formula is C16H13Cl2FN2O2. The molecule has 7 heteroatoms. The van der Waals surface area contributed by atoms with Gasteiger partial charge < -0.3 is 10.6 Å². The van der Waals surface area contributed by atoms with Gasteiger partial charge >= 0.3 is 11.8 Å². The minimum absolute atomic E-state index is 0.241. The van der Waals surface area contributed by atoms with Crippen LogP contribution in [-0.2, 0) is 16.0 Å². The average molecular weight is 355 g/mol. The second-order valence-electron chi connectivity index (χ2n) is 4.71. The Hall–Kier alpha value is -2.11. The zero-order chi connectivity index (χ0) is 16.8. The highest BCUT2D eigenvalue weighted by atomic mass is 35.5. The molecule has 2 rings (SSSR count). The van der Waals surface area contributed by atoms with Gasteiger partial charge in [0, 0.05) is 11.6 Å². The predicted octanol–water partition coefficient (Wildman–Crippen LogP) is 3.43. The van der Waals surface area contributed by atoms with E-state index in [0.717, 1.165) is 5.56 Å². The van der Waals surface area contributed by atoms with Crippen LogP contribution in [0.2, 0.25) is 10.0 Å². The van der Waals surface area contributed by atoms with E-state index >= 15 is 0 Å². The van der Waals surface area contributed by atoms with E-state index in [1.54, 1.807) is 18.2 Å². The zero-order valence-corrected chi connectivity index (χ0v) is 13.4. The van der Waals surface area contributed by atoms with Crippen molar-refractivity contribution in [2.75, 3.05) is 11.9 Å². The first-order valence-corrected chi connectivity index (χ1v) is 7.50. The van der Waals surface area contributed by atoms with Crippen LogP contribution in [0.1, 0.15) is 5.56 Å². The molecule has 2 amide bonds. The number of hydrogen-bond donors (Lipinski definition) is 2. The van der Waals surface area contributed by atoms with Crippen molar-refractivity contribution in [3.8, 4) is 0 Å². The van der Waals surface area contributed by atoms with Crippen LogP contribution in [0, 0.1) is 5.82 Å². The normalized spacial score (nSPS) is 10.2. The van der Waals surface area contributed by atoms with Gasteiger partial charge in [-0.15, -0.1) is 0 Å². The van der Waals surface area contributed by atoms with Crippen molar-refractivity contribution in [1.29, 1.82) is 0 Å². The van der Waals surface area contributed by atoms with Gasteiger partial charge in [0.15, 0.2) is 0 Å². The molecule has 0 bridgehead atoms. The summed E-state index contributed by atoms with van der Waals surface area (Å²) in [5, 5.41) is 5.55. The maximum Gasteiger partial charge on any atom is 0.313 e. The van der Waals surface area contributed by atoms with Crippen molar-refractivity contribution in [2.45, 2.75) is 6.42 Å². The van der Waals surface area contributed by atoms with E-state index in [0.29, 0.717) is 17.1 Å². The standard InChI is InChI=1S/C16H13Cl2FN2O2/c17-11-3-6-14(13(18)9-11)21-16(23)15(22)20-8-7-10-1-4-12(19)5-2-10/h1-6,9H,7-8H2,(H,20,22)(H,21,23). The van der Waals surface area contributed by atoms with Gasteiger partial charge in [-0.2, -0.15) is 0 Å². The van der Waals surface area contributed by atoms with Crippen LogP contribution in [0.5, 0.6) is 0 Å². The summed E-state index contributed by atoms with van der Waals surface area (Å²) >= 11 is 11.7. The molecule has 120 valence electrons. The summed E-state index contributed by atoms with van der Waals surface area (Å²) in [5.41, 5.74) is 1.16. The van der Waals surface area contributed by atoms with Gasteiger partial charge in [0.05, 0.1) is 10.7 Å². The fourth-order valence-corrected chi connectivity index (χ4v) is 2.28. The van der Waals surface area contributed by atoms with Crippen LogP contribution in [-0.4, -0.2) is 18.4 Å². The molecule has 0 unspecified atom stereocenters. The quantitative estimate of drug-likeness (QED) is 0.826. The Morgan fingerprint density at radius 3 is 2.35 bits per heavy atom. The fraction of sp³-hybridized carbons (Fsp3) is 0.125. The van der Waals surface area contributed by atoms with Crippen molar-refractivity contribution >= 4 is 40.7 Å². The first-order chi connectivity index (χ1) is 11.0. The van der Waals surface area contributed by atoms with Crippen molar-refractivity contribution in [1.82, 2.24) is 5.32 Å². The van der Waals surface area contributed by atoms with Gasteiger partial charge in [0.1, 0.15) is 5.82 Å². The molecule has 4 nitrogen and oxygen atoms in total. The van der Waals surface area contributed by atoms with Crippen LogP contribution in [0.25, 0.3) is 0 Å². The Morgan fingerprint density at radius 2 is 1.70 bits per heavy atom. The maximum absolute atomic E-state index is 12.8. The molecule has 0 saturated heterocycles. The average Bonchev–Trinajstić information content (AvgIpc) is 2.51. The lowest BCUT2D eigenvalue weighted by Gasteiger charge is -2.08. The summed E-state index contributed by atoms with van der Waals surface area (Å²) < 4.78 is 12.8. The molecule has 0 fully saturated rings. The van der Waals surface area contributed by atoms with Crippen LogP contribution in [0.4, 0.5) is 10.1 Å². The van der Waals surface area contributed by atoms with Crippen LogP contribution < -0.4 is 10.6 Å². The highest BCUT2D eigenvalue weighted by Gasteiger charge is 2.14. The van der Waals surface area contributed by atoms with E-state index in [4.69, 9.17) is 23.2 Å². The minimum atomic E-state index is -0.826. The Labute approximate surface area is 142 Å². The Morgan fingerprint density at radius 1 is 1.00 bits per heavy atom. The molecule has 0 aliphatic carbocycles. The van der Waals surface area contributed by atoms with Crippen LogP contribution in [0.3, 0.4) is 0 Å². The second-order valence-corrected chi connectivity index (χ2v) is 5.55. The molecule has 23 heavy (non-hydrogen) atoms. The number of carbonyl (C=O) groups is 2. The molecular weight excluding hydrogens is 342 g/mol. The molecule has 0 aliphatic rings. The molecule has 0 aliphatic heterocycles. The third-order valence-electron chi connectivity index (χ3n) is 3.00. The van der Waals surface area contributed by atoms with E-state index in [2.05, 4.69) is 10.6 Å². The summed E-state index contributed by atoms with van der Waals surface area (Å²) in [5.74, 6) is -1.93. The summed E-state index contributed by atoms with van der Waals surface area (Å²) in [7, 11) is 0. The molecule has 0 aromatic heterocycles. The molecule has 2 aromatic rings. The number of anilines is 1. The summed E-state index contributed by atoms with van der Waals surface area (Å²) in [6.45, 7) is 0.256. The first kappa shape index (κ1) is 17.2. The van der Waals surface area contributed by atoms with E-state index in [1.807, 2.05) is 0 Å². The van der Waals surface area contributed by atoms with E-state index in [1.165, 1.54) is 24.3 Å². The highest BCUT2D eigenvalue weighted by Crippen LogP contribution is 2.25. The largest absolute Gasteiger partial charge is 0.347 e. The van der Waals surface area contributed by atoms with E-state index in [-0.39, 0.29) is 17.4 Å². The highest BCUT2D eigenvalue weighted by molar-refractivity contribution is 6.42. The number of benzene rings is 2. The Bertz CT molecular complexity index is 721. The predicted molar refractivity (Wildman–Crippen MR) is 88.2 cm³/mol. The lowest BCUT2D eigenvalue weighted by Crippen LogP contribution is -2.36. The molecule has 2 N–H and O–H groups in total. The van der Waals surface area contributed by atoms with Crippen molar-refractivity contribution in [3.63, 3.8) is 0 Å². The number of carbonyl (C=O) groups excluding carboxylic acids is 2. The number of rotatable bonds is 4. The SMILES string of the molecule is O=C(NCCc1ccc(F)cc1)C(=O)Nc1ccc(Cl)cc1Cl. The molecule has 0 radical (unpaired) electrons. The maximum atomic E-state index is 12.8. The smallest absolute Gasteiger partial charge is 0.313 e. The Kier molecular flexibility index (Phi) is 5.96. The van der Waals surface area contributed by atoms with Gasteiger partial charge in [-0.1, -0.05) is 35.3 Å². The number of nitrogens with one attached hydrogen (secondary N) is 2. The van der Waals surface area contributed by atoms with E-state index in [9.17, 15) is 14.0 Å². The summed E-state index contributed by atoms with van der Waals surface area (Å²) in [4.78, 5) is 23.5. The topological polar surface area (TPSA) is 58.2 Å². The van der Waals surface area contributed by atoms with Crippen molar-refractivity contribution < 1.29 is 14.0 Å². The number of amides is 2. The lowest BCUT2D eigenvalue weighted by molar-refractivity contribution is -0.136. The minimum Gasteiger partial charge on any atom is -0.347 e. The number of halogens is 3. The van der Waals surface area contributed by atoms with Crippen LogP contribution >= 0.6 is 23.2 Å². The lowest BCUT2D eigenvalue weighted by atomic mass is 10.1. The second kappa shape index (κ2) is 7.94.